The number of likely N-dealkylation sites (tertiary alicyclic amines) is 1. The van der Waals surface area contributed by atoms with E-state index >= 15 is 0 Å². The summed E-state index contributed by atoms with van der Waals surface area (Å²) in [5.74, 6) is 0.337. The summed E-state index contributed by atoms with van der Waals surface area (Å²) in [5, 5.41) is 9.94. The first-order valence-electron chi connectivity index (χ1n) is 4.97. The summed E-state index contributed by atoms with van der Waals surface area (Å²) >= 11 is 0. The van der Waals surface area contributed by atoms with Crippen LogP contribution in [-0.4, -0.2) is 40.9 Å². The van der Waals surface area contributed by atoms with E-state index in [9.17, 15) is 9.90 Å². The molecule has 0 spiro atoms. The molecule has 4 nitrogen and oxygen atoms in total. The Labute approximate surface area is 82.1 Å². The van der Waals surface area contributed by atoms with E-state index in [1.807, 2.05) is 12.2 Å². The Bertz CT molecular complexity index is 314. The maximum Gasteiger partial charge on any atom is 0.221 e. The van der Waals surface area contributed by atoms with Gasteiger partial charge in [0.1, 0.15) is 6.23 Å². The summed E-state index contributed by atoms with van der Waals surface area (Å²) in [6.07, 6.45) is 3.52. The summed E-state index contributed by atoms with van der Waals surface area (Å²) in [7, 11) is 0. The van der Waals surface area contributed by atoms with E-state index in [-0.39, 0.29) is 24.0 Å². The molecule has 0 aromatic rings. The second-order valence-corrected chi connectivity index (χ2v) is 4.28. The van der Waals surface area contributed by atoms with Gasteiger partial charge in [-0.05, 0) is 0 Å². The number of carbonyl (C=O) groups excluding carboxylic acids is 1. The standard InChI is InChI=1S/C10H13NO3/c1-5(12)11-4-6-7-2-3-8(14-7)9(6)10(11)13/h2-3,6-10,13H,4H2,1H3/t6-,7-,8+,9-,10?/m1/s1. The van der Waals surface area contributed by atoms with Crippen LogP contribution in [0.3, 0.4) is 0 Å². The molecule has 2 saturated heterocycles. The summed E-state index contributed by atoms with van der Waals surface area (Å²) in [6, 6.07) is 0. The number of amides is 1. The number of hydrogen-bond acceptors (Lipinski definition) is 3. The van der Waals surface area contributed by atoms with Gasteiger partial charge in [-0.15, -0.1) is 0 Å². The molecule has 3 aliphatic heterocycles. The fourth-order valence-corrected chi connectivity index (χ4v) is 2.89. The Balaban J connectivity index is 1.89. The van der Waals surface area contributed by atoms with Crippen molar-refractivity contribution in [2.75, 3.05) is 6.54 Å². The van der Waals surface area contributed by atoms with Crippen molar-refractivity contribution < 1.29 is 14.6 Å². The zero-order valence-electron chi connectivity index (χ0n) is 7.96. The molecule has 2 bridgehead atoms. The summed E-state index contributed by atoms with van der Waals surface area (Å²) < 4.78 is 5.63. The minimum atomic E-state index is -0.655. The van der Waals surface area contributed by atoms with Crippen molar-refractivity contribution >= 4 is 5.91 Å². The molecule has 3 rings (SSSR count). The first-order valence-corrected chi connectivity index (χ1v) is 4.97. The molecule has 2 fully saturated rings. The highest BCUT2D eigenvalue weighted by atomic mass is 16.5. The highest BCUT2D eigenvalue weighted by molar-refractivity contribution is 5.74. The lowest BCUT2D eigenvalue weighted by molar-refractivity contribution is -0.138. The van der Waals surface area contributed by atoms with E-state index in [0.29, 0.717) is 12.5 Å². The lowest BCUT2D eigenvalue weighted by atomic mass is 9.85. The fraction of sp³-hybridized carbons (Fsp3) is 0.700. The first-order chi connectivity index (χ1) is 6.68. The quantitative estimate of drug-likeness (QED) is 0.542. The Hall–Kier alpha value is -0.870. The predicted octanol–water partition coefficient (Wildman–Crippen LogP) is -0.264. The zero-order valence-corrected chi connectivity index (χ0v) is 7.96. The van der Waals surface area contributed by atoms with Gasteiger partial charge in [0.2, 0.25) is 5.91 Å². The van der Waals surface area contributed by atoms with Gasteiger partial charge in [0.25, 0.3) is 0 Å². The second-order valence-electron chi connectivity index (χ2n) is 4.28. The van der Waals surface area contributed by atoms with Gasteiger partial charge in [0, 0.05) is 25.3 Å². The predicted molar refractivity (Wildman–Crippen MR) is 48.2 cm³/mol. The maximum atomic E-state index is 11.2. The molecule has 0 radical (unpaired) electrons. The van der Waals surface area contributed by atoms with E-state index in [2.05, 4.69) is 0 Å². The molecule has 1 amide bonds. The molecule has 76 valence electrons. The van der Waals surface area contributed by atoms with Crippen molar-refractivity contribution in [1.29, 1.82) is 0 Å². The number of ether oxygens (including phenoxy) is 1. The van der Waals surface area contributed by atoms with Crippen LogP contribution >= 0.6 is 0 Å². The third-order valence-corrected chi connectivity index (χ3v) is 3.58. The Morgan fingerprint density at radius 3 is 2.86 bits per heavy atom. The van der Waals surface area contributed by atoms with Crippen LogP contribution in [0.1, 0.15) is 6.92 Å². The van der Waals surface area contributed by atoms with E-state index in [1.54, 1.807) is 4.90 Å². The van der Waals surface area contributed by atoms with Gasteiger partial charge in [-0.25, -0.2) is 0 Å². The average Bonchev–Trinajstić information content (AvgIpc) is 2.75. The molecule has 3 heterocycles. The van der Waals surface area contributed by atoms with Gasteiger partial charge in [0.05, 0.1) is 12.2 Å². The minimum absolute atomic E-state index is 0.0179. The average molecular weight is 195 g/mol. The molecule has 1 N–H and O–H groups in total. The monoisotopic (exact) mass is 195 g/mol. The van der Waals surface area contributed by atoms with Gasteiger partial charge in [-0.1, -0.05) is 12.2 Å². The van der Waals surface area contributed by atoms with Gasteiger partial charge < -0.3 is 14.7 Å². The molecule has 4 heteroatoms. The van der Waals surface area contributed by atoms with E-state index in [4.69, 9.17) is 4.74 Å². The number of carbonyl (C=O) groups is 1. The normalized spacial score (nSPS) is 48.7. The number of aliphatic hydroxyl groups is 1. The number of fused-ring (bicyclic) bond motifs is 5. The van der Waals surface area contributed by atoms with E-state index in [1.165, 1.54) is 6.92 Å². The van der Waals surface area contributed by atoms with Crippen LogP contribution in [0, 0.1) is 11.8 Å². The van der Waals surface area contributed by atoms with Crippen LogP contribution in [0.25, 0.3) is 0 Å². The van der Waals surface area contributed by atoms with E-state index in [0.717, 1.165) is 0 Å². The summed E-state index contributed by atoms with van der Waals surface area (Å²) in [5.41, 5.74) is 0. The highest BCUT2D eigenvalue weighted by Gasteiger charge is 2.55. The lowest BCUT2D eigenvalue weighted by Gasteiger charge is -2.23. The molecule has 0 aromatic carbocycles. The van der Waals surface area contributed by atoms with Crippen LogP contribution in [0.2, 0.25) is 0 Å². The molecule has 3 aliphatic rings. The van der Waals surface area contributed by atoms with Crippen molar-refractivity contribution in [2.24, 2.45) is 11.8 Å². The largest absolute Gasteiger partial charge is 0.373 e. The number of rotatable bonds is 0. The van der Waals surface area contributed by atoms with Crippen LogP contribution in [-0.2, 0) is 9.53 Å². The molecule has 0 aliphatic carbocycles. The van der Waals surface area contributed by atoms with E-state index < -0.39 is 6.23 Å². The maximum absolute atomic E-state index is 11.2. The Morgan fingerprint density at radius 1 is 1.50 bits per heavy atom. The van der Waals surface area contributed by atoms with Crippen molar-refractivity contribution in [3.63, 3.8) is 0 Å². The van der Waals surface area contributed by atoms with Gasteiger partial charge >= 0.3 is 0 Å². The van der Waals surface area contributed by atoms with Crippen LogP contribution < -0.4 is 0 Å². The van der Waals surface area contributed by atoms with Crippen LogP contribution in [0.5, 0.6) is 0 Å². The molecule has 0 aromatic heterocycles. The zero-order chi connectivity index (χ0) is 9.87. The molecule has 0 saturated carbocycles. The molecule has 14 heavy (non-hydrogen) atoms. The first kappa shape index (κ1) is 8.44. The third-order valence-electron chi connectivity index (χ3n) is 3.58. The number of aliphatic hydroxyl groups excluding tert-OH is 1. The van der Waals surface area contributed by atoms with Crippen molar-refractivity contribution in [3.8, 4) is 0 Å². The van der Waals surface area contributed by atoms with Crippen LogP contribution in [0.4, 0.5) is 0 Å². The Kier molecular flexibility index (Phi) is 1.56. The highest BCUT2D eigenvalue weighted by Crippen LogP contribution is 2.46. The fourth-order valence-electron chi connectivity index (χ4n) is 2.89. The molecule has 1 unspecified atom stereocenters. The molecular weight excluding hydrogens is 182 g/mol. The Morgan fingerprint density at radius 2 is 2.21 bits per heavy atom. The second kappa shape index (κ2) is 2.58. The third kappa shape index (κ3) is 0.875. The smallest absolute Gasteiger partial charge is 0.221 e. The van der Waals surface area contributed by atoms with Crippen molar-refractivity contribution in [3.05, 3.63) is 12.2 Å². The lowest BCUT2D eigenvalue weighted by Crippen LogP contribution is -2.38. The topological polar surface area (TPSA) is 49.8 Å². The van der Waals surface area contributed by atoms with Gasteiger partial charge in [-0.3, -0.25) is 4.79 Å². The van der Waals surface area contributed by atoms with Crippen molar-refractivity contribution in [2.45, 2.75) is 25.4 Å². The number of hydrogen-bond donors (Lipinski definition) is 1. The summed E-state index contributed by atoms with van der Waals surface area (Å²) in [6.45, 7) is 2.13. The van der Waals surface area contributed by atoms with Gasteiger partial charge in [0.15, 0.2) is 0 Å². The summed E-state index contributed by atoms with van der Waals surface area (Å²) in [4.78, 5) is 12.8. The SMILES string of the molecule is CC(=O)N1C[C@H]2[C@@H](C1O)[C@@H]1C=C[C@H]2O1. The van der Waals surface area contributed by atoms with Crippen LogP contribution in [0.15, 0.2) is 12.2 Å². The van der Waals surface area contributed by atoms with Gasteiger partial charge in [-0.2, -0.15) is 0 Å². The van der Waals surface area contributed by atoms with Crippen molar-refractivity contribution in [1.82, 2.24) is 4.90 Å². The molecule has 5 atom stereocenters. The number of nitrogens with zero attached hydrogens (tertiary/aromatic N) is 1. The minimum Gasteiger partial charge on any atom is -0.373 e. The molecular formula is C10H13NO3.